The molecule has 0 aromatic heterocycles. The summed E-state index contributed by atoms with van der Waals surface area (Å²) in [5.74, 6) is 0.118. The van der Waals surface area contributed by atoms with E-state index in [1.807, 2.05) is 18.2 Å². The molecule has 0 fully saturated rings. The summed E-state index contributed by atoms with van der Waals surface area (Å²) in [5.41, 5.74) is 3.90. The maximum atomic E-state index is 11.8. The molecule has 1 amide bonds. The highest BCUT2D eigenvalue weighted by Crippen LogP contribution is 2.06. The van der Waals surface area contributed by atoms with Gasteiger partial charge in [0.05, 0.1) is 0 Å². The minimum atomic E-state index is 0.118. The van der Waals surface area contributed by atoms with Gasteiger partial charge in [-0.1, -0.05) is 53.6 Å². The van der Waals surface area contributed by atoms with Gasteiger partial charge in [-0.2, -0.15) is 0 Å². The average molecular weight is 285 g/mol. The van der Waals surface area contributed by atoms with Crippen LogP contribution in [0.25, 0.3) is 0 Å². The lowest BCUT2D eigenvalue weighted by Gasteiger charge is -2.04. The molecule has 1 aromatic carbocycles. The summed E-state index contributed by atoms with van der Waals surface area (Å²) in [6.45, 7) is 6.99. The molecule has 0 unspecified atom stereocenters. The van der Waals surface area contributed by atoms with Crippen molar-refractivity contribution >= 4 is 5.91 Å². The normalized spacial score (nSPS) is 11.1. The standard InChI is InChI=1S/C19H27NO/c1-16(2)8-7-9-17(3)14-15-20-19(21)13-12-18-10-5-4-6-11-18/h4-6,8,10-11,14H,7,9,12-13,15H2,1-3H3,(H,20,21)/b17-14+. The fourth-order valence-electron chi connectivity index (χ4n) is 2.02. The molecular weight excluding hydrogens is 258 g/mol. The van der Waals surface area contributed by atoms with Gasteiger partial charge in [0.2, 0.25) is 5.91 Å². The Morgan fingerprint density at radius 2 is 1.76 bits per heavy atom. The van der Waals surface area contributed by atoms with Crippen molar-refractivity contribution < 1.29 is 4.79 Å². The van der Waals surface area contributed by atoms with Crippen molar-refractivity contribution in [2.75, 3.05) is 6.54 Å². The smallest absolute Gasteiger partial charge is 0.220 e. The second-order valence-electron chi connectivity index (χ2n) is 5.66. The number of aryl methyl sites for hydroxylation is 1. The van der Waals surface area contributed by atoms with E-state index < -0.39 is 0 Å². The Morgan fingerprint density at radius 1 is 1.05 bits per heavy atom. The van der Waals surface area contributed by atoms with Crippen LogP contribution in [0, 0.1) is 0 Å². The van der Waals surface area contributed by atoms with Crippen LogP contribution in [0.1, 0.15) is 45.6 Å². The summed E-state index contributed by atoms with van der Waals surface area (Å²) >= 11 is 0. The van der Waals surface area contributed by atoms with E-state index in [2.05, 4.69) is 50.4 Å². The Balaban J connectivity index is 2.19. The van der Waals surface area contributed by atoms with Crippen molar-refractivity contribution in [1.82, 2.24) is 5.32 Å². The lowest BCUT2D eigenvalue weighted by Crippen LogP contribution is -2.23. The number of carbonyl (C=O) groups is 1. The molecule has 0 spiro atoms. The van der Waals surface area contributed by atoms with Gasteiger partial charge in [0.15, 0.2) is 0 Å². The highest BCUT2D eigenvalue weighted by Gasteiger charge is 2.00. The number of rotatable bonds is 8. The highest BCUT2D eigenvalue weighted by molar-refractivity contribution is 5.76. The van der Waals surface area contributed by atoms with E-state index in [0.29, 0.717) is 13.0 Å². The Kier molecular flexibility index (Phi) is 8.18. The molecule has 1 N–H and O–H groups in total. The molecule has 0 aliphatic rings. The third-order valence-electron chi connectivity index (χ3n) is 3.32. The van der Waals surface area contributed by atoms with Crippen LogP contribution in [0.15, 0.2) is 53.6 Å². The first kappa shape index (κ1) is 17.2. The van der Waals surface area contributed by atoms with Gasteiger partial charge in [-0.25, -0.2) is 0 Å². The van der Waals surface area contributed by atoms with Gasteiger partial charge in [0, 0.05) is 13.0 Å². The van der Waals surface area contributed by atoms with Gasteiger partial charge in [-0.05, 0) is 45.6 Å². The van der Waals surface area contributed by atoms with Crippen LogP contribution >= 0.6 is 0 Å². The van der Waals surface area contributed by atoms with Gasteiger partial charge < -0.3 is 5.32 Å². The van der Waals surface area contributed by atoms with Gasteiger partial charge in [0.25, 0.3) is 0 Å². The summed E-state index contributed by atoms with van der Waals surface area (Å²) < 4.78 is 0. The number of hydrogen-bond acceptors (Lipinski definition) is 1. The number of hydrogen-bond donors (Lipinski definition) is 1. The van der Waals surface area contributed by atoms with Crippen LogP contribution < -0.4 is 5.32 Å². The Hall–Kier alpha value is -1.83. The fourth-order valence-corrected chi connectivity index (χ4v) is 2.02. The van der Waals surface area contributed by atoms with Crippen LogP contribution in [0.4, 0.5) is 0 Å². The topological polar surface area (TPSA) is 29.1 Å². The molecule has 21 heavy (non-hydrogen) atoms. The third-order valence-corrected chi connectivity index (χ3v) is 3.32. The SMILES string of the molecule is CC(C)=CCC/C(C)=C/CNC(=O)CCc1ccccc1. The van der Waals surface area contributed by atoms with Crippen molar-refractivity contribution in [3.05, 3.63) is 59.2 Å². The predicted molar refractivity (Wildman–Crippen MR) is 90.2 cm³/mol. The maximum absolute atomic E-state index is 11.8. The summed E-state index contributed by atoms with van der Waals surface area (Å²) in [5, 5.41) is 2.95. The minimum absolute atomic E-state index is 0.118. The van der Waals surface area contributed by atoms with E-state index in [4.69, 9.17) is 0 Å². The molecule has 1 aromatic rings. The monoisotopic (exact) mass is 285 g/mol. The number of amides is 1. The zero-order valence-corrected chi connectivity index (χ0v) is 13.5. The first-order valence-electron chi connectivity index (χ1n) is 7.67. The molecule has 0 saturated heterocycles. The molecule has 0 aliphatic carbocycles. The number of carbonyl (C=O) groups excluding carboxylic acids is 1. The van der Waals surface area contributed by atoms with Gasteiger partial charge in [-0.15, -0.1) is 0 Å². The first-order valence-corrected chi connectivity index (χ1v) is 7.67. The minimum Gasteiger partial charge on any atom is -0.353 e. The van der Waals surface area contributed by atoms with E-state index in [1.165, 1.54) is 16.7 Å². The summed E-state index contributed by atoms with van der Waals surface area (Å²) in [6, 6.07) is 10.1. The quantitative estimate of drug-likeness (QED) is 0.703. The molecule has 0 radical (unpaired) electrons. The van der Waals surface area contributed by atoms with Crippen LogP contribution in [0.3, 0.4) is 0 Å². The number of nitrogens with one attached hydrogen (secondary N) is 1. The molecule has 0 saturated carbocycles. The van der Waals surface area contributed by atoms with Crippen LogP contribution in [0.5, 0.6) is 0 Å². The summed E-state index contributed by atoms with van der Waals surface area (Å²) in [4.78, 5) is 11.8. The van der Waals surface area contributed by atoms with Gasteiger partial charge in [0.1, 0.15) is 0 Å². The Morgan fingerprint density at radius 3 is 2.43 bits per heavy atom. The molecular formula is C19H27NO. The summed E-state index contributed by atoms with van der Waals surface area (Å²) in [7, 11) is 0. The summed E-state index contributed by atoms with van der Waals surface area (Å²) in [6.07, 6.45) is 7.84. The molecule has 2 heteroatoms. The van der Waals surface area contributed by atoms with E-state index in [-0.39, 0.29) is 5.91 Å². The second kappa shape index (κ2) is 9.98. The zero-order valence-electron chi connectivity index (χ0n) is 13.5. The van der Waals surface area contributed by atoms with Crippen molar-refractivity contribution in [2.45, 2.75) is 46.5 Å². The largest absolute Gasteiger partial charge is 0.353 e. The molecule has 0 aliphatic heterocycles. The van der Waals surface area contributed by atoms with E-state index in [9.17, 15) is 4.79 Å². The van der Waals surface area contributed by atoms with Crippen molar-refractivity contribution in [2.24, 2.45) is 0 Å². The third kappa shape index (κ3) is 8.85. The number of allylic oxidation sites excluding steroid dienone is 3. The van der Waals surface area contributed by atoms with Crippen LogP contribution in [0.2, 0.25) is 0 Å². The molecule has 0 heterocycles. The van der Waals surface area contributed by atoms with E-state index in [1.54, 1.807) is 0 Å². The Labute approximate surface area is 129 Å². The maximum Gasteiger partial charge on any atom is 0.220 e. The molecule has 0 bridgehead atoms. The zero-order chi connectivity index (χ0) is 15.5. The number of benzene rings is 1. The molecule has 1 rings (SSSR count). The van der Waals surface area contributed by atoms with Crippen molar-refractivity contribution in [3.8, 4) is 0 Å². The first-order chi connectivity index (χ1) is 10.1. The highest BCUT2D eigenvalue weighted by atomic mass is 16.1. The Bertz CT molecular complexity index is 482. The van der Waals surface area contributed by atoms with Crippen LogP contribution in [-0.4, -0.2) is 12.5 Å². The van der Waals surface area contributed by atoms with Gasteiger partial charge >= 0.3 is 0 Å². The van der Waals surface area contributed by atoms with Crippen molar-refractivity contribution in [3.63, 3.8) is 0 Å². The van der Waals surface area contributed by atoms with E-state index >= 15 is 0 Å². The molecule has 2 nitrogen and oxygen atoms in total. The lowest BCUT2D eigenvalue weighted by molar-refractivity contribution is -0.120. The predicted octanol–water partition coefficient (Wildman–Crippen LogP) is 4.43. The fraction of sp³-hybridized carbons (Fsp3) is 0.421. The van der Waals surface area contributed by atoms with E-state index in [0.717, 1.165) is 19.3 Å². The lowest BCUT2D eigenvalue weighted by atomic mass is 10.1. The van der Waals surface area contributed by atoms with Crippen LogP contribution in [-0.2, 0) is 11.2 Å². The average Bonchev–Trinajstić information content (AvgIpc) is 2.46. The molecule has 0 atom stereocenters. The van der Waals surface area contributed by atoms with Crippen molar-refractivity contribution in [1.29, 1.82) is 0 Å². The second-order valence-corrected chi connectivity index (χ2v) is 5.66. The molecule has 114 valence electrons. The van der Waals surface area contributed by atoms with Gasteiger partial charge in [-0.3, -0.25) is 4.79 Å².